The number of pyridine rings is 1. The first kappa shape index (κ1) is 15.5. The molecule has 1 aliphatic heterocycles. The summed E-state index contributed by atoms with van der Waals surface area (Å²) in [6.45, 7) is 3.91. The van der Waals surface area contributed by atoms with E-state index < -0.39 is 0 Å². The van der Waals surface area contributed by atoms with Gasteiger partial charge in [-0.2, -0.15) is 5.10 Å². The largest absolute Gasteiger partial charge is 0.465 e. The van der Waals surface area contributed by atoms with Crippen LogP contribution >= 0.6 is 0 Å². The maximum atomic E-state index is 11.7. The SMILES string of the molecule is COC(=O)c1ccc(N2CCOC(c3cnn(C)c3)C2)nc1C. The minimum Gasteiger partial charge on any atom is -0.465 e. The third kappa shape index (κ3) is 3.19. The fourth-order valence-corrected chi connectivity index (χ4v) is 2.72. The molecule has 1 unspecified atom stereocenters. The Morgan fingerprint density at radius 1 is 1.43 bits per heavy atom. The van der Waals surface area contributed by atoms with Crippen LogP contribution in [-0.4, -0.2) is 47.5 Å². The molecule has 0 N–H and O–H groups in total. The lowest BCUT2D eigenvalue weighted by atomic mass is 10.1. The van der Waals surface area contributed by atoms with Gasteiger partial charge in [-0.05, 0) is 19.1 Å². The predicted molar refractivity (Wildman–Crippen MR) is 84.4 cm³/mol. The van der Waals surface area contributed by atoms with Crippen molar-refractivity contribution in [1.82, 2.24) is 14.8 Å². The van der Waals surface area contributed by atoms with E-state index in [1.807, 2.05) is 32.4 Å². The highest BCUT2D eigenvalue weighted by atomic mass is 16.5. The molecule has 7 nitrogen and oxygen atoms in total. The van der Waals surface area contributed by atoms with E-state index >= 15 is 0 Å². The van der Waals surface area contributed by atoms with Crippen molar-refractivity contribution >= 4 is 11.8 Å². The summed E-state index contributed by atoms with van der Waals surface area (Å²) in [6.07, 6.45) is 3.76. The summed E-state index contributed by atoms with van der Waals surface area (Å²) in [5, 5.41) is 4.20. The molecule has 0 radical (unpaired) electrons. The summed E-state index contributed by atoms with van der Waals surface area (Å²) < 4.78 is 12.4. The van der Waals surface area contributed by atoms with E-state index in [1.54, 1.807) is 10.7 Å². The number of anilines is 1. The summed E-state index contributed by atoms with van der Waals surface area (Å²) in [6, 6.07) is 3.61. The van der Waals surface area contributed by atoms with Gasteiger partial charge in [0.05, 0.1) is 31.2 Å². The van der Waals surface area contributed by atoms with E-state index in [4.69, 9.17) is 9.47 Å². The zero-order chi connectivity index (χ0) is 16.4. The van der Waals surface area contributed by atoms with E-state index in [9.17, 15) is 4.79 Å². The van der Waals surface area contributed by atoms with E-state index in [2.05, 4.69) is 15.0 Å². The van der Waals surface area contributed by atoms with Crippen molar-refractivity contribution in [2.75, 3.05) is 31.7 Å². The van der Waals surface area contributed by atoms with Gasteiger partial charge in [0.15, 0.2) is 0 Å². The molecule has 1 fully saturated rings. The fourth-order valence-electron chi connectivity index (χ4n) is 2.72. The molecule has 3 heterocycles. The molecule has 1 saturated heterocycles. The van der Waals surface area contributed by atoms with Gasteiger partial charge in [0, 0.05) is 31.9 Å². The first-order chi connectivity index (χ1) is 11.1. The van der Waals surface area contributed by atoms with Crippen molar-refractivity contribution in [1.29, 1.82) is 0 Å². The van der Waals surface area contributed by atoms with Crippen LogP contribution in [0.15, 0.2) is 24.5 Å². The van der Waals surface area contributed by atoms with Crippen LogP contribution < -0.4 is 4.90 Å². The van der Waals surface area contributed by atoms with Gasteiger partial charge < -0.3 is 14.4 Å². The minimum atomic E-state index is -0.364. The average molecular weight is 316 g/mol. The molecule has 122 valence electrons. The molecular formula is C16H20N4O3. The number of carbonyl (C=O) groups is 1. The van der Waals surface area contributed by atoms with Crippen molar-refractivity contribution in [3.8, 4) is 0 Å². The van der Waals surface area contributed by atoms with Gasteiger partial charge in [-0.3, -0.25) is 4.68 Å². The second kappa shape index (κ2) is 6.37. The summed E-state index contributed by atoms with van der Waals surface area (Å²) >= 11 is 0. The van der Waals surface area contributed by atoms with Crippen LogP contribution in [0, 0.1) is 6.92 Å². The zero-order valence-corrected chi connectivity index (χ0v) is 13.5. The highest BCUT2D eigenvalue weighted by Crippen LogP contribution is 2.25. The Bertz CT molecular complexity index is 713. The van der Waals surface area contributed by atoms with Gasteiger partial charge in [0.25, 0.3) is 0 Å². The Balaban J connectivity index is 1.78. The number of aryl methyl sites for hydroxylation is 2. The summed E-state index contributed by atoms with van der Waals surface area (Å²) in [7, 11) is 3.26. The number of carbonyl (C=O) groups excluding carboxylic acids is 1. The number of hydrogen-bond donors (Lipinski definition) is 0. The van der Waals surface area contributed by atoms with Crippen LogP contribution in [0.5, 0.6) is 0 Å². The van der Waals surface area contributed by atoms with Gasteiger partial charge in [-0.1, -0.05) is 0 Å². The Labute approximate surface area is 134 Å². The van der Waals surface area contributed by atoms with Crippen LogP contribution in [-0.2, 0) is 16.5 Å². The second-order valence-electron chi connectivity index (χ2n) is 5.55. The molecule has 3 rings (SSSR count). The number of ether oxygens (including phenoxy) is 2. The molecule has 0 spiro atoms. The van der Waals surface area contributed by atoms with E-state index in [0.717, 1.165) is 17.9 Å². The number of nitrogens with zero attached hydrogens (tertiary/aromatic N) is 4. The smallest absolute Gasteiger partial charge is 0.339 e. The number of hydrogen-bond acceptors (Lipinski definition) is 6. The lowest BCUT2D eigenvalue weighted by Gasteiger charge is -2.33. The topological polar surface area (TPSA) is 69.5 Å². The maximum absolute atomic E-state index is 11.7. The first-order valence-electron chi connectivity index (χ1n) is 7.49. The molecule has 0 saturated carbocycles. The van der Waals surface area contributed by atoms with Gasteiger partial charge >= 0.3 is 5.97 Å². The van der Waals surface area contributed by atoms with E-state index in [-0.39, 0.29) is 12.1 Å². The second-order valence-corrected chi connectivity index (χ2v) is 5.55. The molecule has 7 heteroatoms. The normalized spacial score (nSPS) is 18.0. The fraction of sp³-hybridized carbons (Fsp3) is 0.438. The summed E-state index contributed by atoms with van der Waals surface area (Å²) in [5.41, 5.74) is 2.21. The zero-order valence-electron chi connectivity index (χ0n) is 13.5. The van der Waals surface area contributed by atoms with Gasteiger partial charge in [-0.25, -0.2) is 9.78 Å². The molecule has 1 aliphatic rings. The van der Waals surface area contributed by atoms with Crippen LogP contribution in [0.1, 0.15) is 27.7 Å². The van der Waals surface area contributed by atoms with Crippen LogP contribution in [0.25, 0.3) is 0 Å². The number of esters is 1. The quantitative estimate of drug-likeness (QED) is 0.799. The third-order valence-corrected chi connectivity index (χ3v) is 3.96. The highest BCUT2D eigenvalue weighted by Gasteiger charge is 2.24. The van der Waals surface area contributed by atoms with Gasteiger partial charge in [0.2, 0.25) is 0 Å². The van der Waals surface area contributed by atoms with Crippen LogP contribution in [0.4, 0.5) is 5.82 Å². The monoisotopic (exact) mass is 316 g/mol. The standard InChI is InChI=1S/C16H20N4O3/c1-11-13(16(21)22-3)4-5-15(18-11)20-6-7-23-14(10-20)12-8-17-19(2)9-12/h4-5,8-9,14H,6-7,10H2,1-3H3. The third-order valence-electron chi connectivity index (χ3n) is 3.96. The van der Waals surface area contributed by atoms with Gasteiger partial charge in [-0.15, -0.1) is 0 Å². The lowest BCUT2D eigenvalue weighted by Crippen LogP contribution is -2.38. The van der Waals surface area contributed by atoms with Crippen molar-refractivity contribution in [2.24, 2.45) is 7.05 Å². The highest BCUT2D eigenvalue weighted by molar-refractivity contribution is 5.90. The minimum absolute atomic E-state index is 0.0279. The molecule has 0 aliphatic carbocycles. The predicted octanol–water partition coefficient (Wildman–Crippen LogP) is 1.49. The van der Waals surface area contributed by atoms with Crippen molar-refractivity contribution in [3.63, 3.8) is 0 Å². The van der Waals surface area contributed by atoms with Gasteiger partial charge in [0.1, 0.15) is 11.9 Å². The first-order valence-corrected chi connectivity index (χ1v) is 7.49. The molecule has 0 bridgehead atoms. The molecule has 0 aromatic carbocycles. The Hall–Kier alpha value is -2.41. The molecule has 2 aromatic rings. The van der Waals surface area contributed by atoms with E-state index in [0.29, 0.717) is 24.4 Å². The lowest BCUT2D eigenvalue weighted by molar-refractivity contribution is 0.0394. The Kier molecular flexibility index (Phi) is 4.29. The van der Waals surface area contributed by atoms with Crippen molar-refractivity contribution in [2.45, 2.75) is 13.0 Å². The molecule has 1 atom stereocenters. The number of methoxy groups -OCH3 is 1. The summed E-state index contributed by atoms with van der Waals surface area (Å²) in [5.74, 6) is 0.476. The van der Waals surface area contributed by atoms with E-state index in [1.165, 1.54) is 7.11 Å². The Morgan fingerprint density at radius 2 is 2.26 bits per heavy atom. The number of morpholine rings is 1. The molecular weight excluding hydrogens is 296 g/mol. The maximum Gasteiger partial charge on any atom is 0.339 e. The molecule has 23 heavy (non-hydrogen) atoms. The molecule has 0 amide bonds. The van der Waals surface area contributed by atoms with Crippen LogP contribution in [0.3, 0.4) is 0 Å². The number of rotatable bonds is 3. The average Bonchev–Trinajstić information content (AvgIpc) is 3.01. The van der Waals surface area contributed by atoms with Crippen molar-refractivity contribution in [3.05, 3.63) is 41.3 Å². The van der Waals surface area contributed by atoms with Crippen molar-refractivity contribution < 1.29 is 14.3 Å². The molecule has 2 aromatic heterocycles. The summed E-state index contributed by atoms with van der Waals surface area (Å²) in [4.78, 5) is 18.4. The Morgan fingerprint density at radius 3 is 2.91 bits per heavy atom. The van der Waals surface area contributed by atoms with Crippen LogP contribution in [0.2, 0.25) is 0 Å². The number of aromatic nitrogens is 3.